The molecule has 1 unspecified atom stereocenters. The third-order valence-electron chi connectivity index (χ3n) is 2.28. The molecule has 0 radical (unpaired) electrons. The van der Waals surface area contributed by atoms with Crippen molar-refractivity contribution in [3.05, 3.63) is 27.7 Å². The van der Waals surface area contributed by atoms with Crippen LogP contribution in [0.25, 0.3) is 0 Å². The van der Waals surface area contributed by atoms with E-state index in [0.29, 0.717) is 5.02 Å². The summed E-state index contributed by atoms with van der Waals surface area (Å²) in [5.41, 5.74) is 0.744. The van der Waals surface area contributed by atoms with Gasteiger partial charge in [-0.15, -0.1) is 0 Å². The monoisotopic (exact) mass is 339 g/mol. The van der Waals surface area contributed by atoms with E-state index < -0.39 is 9.84 Å². The summed E-state index contributed by atoms with van der Waals surface area (Å²) >= 11 is 9.35. The predicted octanol–water partition coefficient (Wildman–Crippen LogP) is 3.34. The van der Waals surface area contributed by atoms with Crippen LogP contribution in [0.1, 0.15) is 13.8 Å². The molecular weight excluding hydrogens is 326 g/mol. The summed E-state index contributed by atoms with van der Waals surface area (Å²) in [4.78, 5) is 0. The molecule has 0 fully saturated rings. The van der Waals surface area contributed by atoms with E-state index in [0.717, 1.165) is 10.2 Å². The Labute approximate surface area is 116 Å². The van der Waals surface area contributed by atoms with Crippen molar-refractivity contribution in [2.75, 3.05) is 16.8 Å². The summed E-state index contributed by atoms with van der Waals surface area (Å²) in [5.74, 6) is 0.267. The number of rotatable bonds is 5. The van der Waals surface area contributed by atoms with Crippen LogP contribution in [-0.2, 0) is 9.84 Å². The average molecular weight is 341 g/mol. The van der Waals surface area contributed by atoms with Crippen LogP contribution in [0, 0.1) is 0 Å². The number of nitrogens with one attached hydrogen (secondary N) is 1. The van der Waals surface area contributed by atoms with Gasteiger partial charge in [-0.3, -0.25) is 0 Å². The van der Waals surface area contributed by atoms with E-state index in [4.69, 9.17) is 11.6 Å². The highest BCUT2D eigenvalue weighted by Gasteiger charge is 2.14. The molecule has 3 nitrogen and oxygen atoms in total. The minimum Gasteiger partial charge on any atom is -0.380 e. The maximum atomic E-state index is 11.5. The van der Waals surface area contributed by atoms with Crippen molar-refractivity contribution in [2.45, 2.75) is 19.9 Å². The molecule has 96 valence electrons. The first-order chi connectivity index (χ1) is 7.84. The number of hydrogen-bond donors (Lipinski definition) is 1. The van der Waals surface area contributed by atoms with Gasteiger partial charge in [-0.2, -0.15) is 0 Å². The van der Waals surface area contributed by atoms with Crippen molar-refractivity contribution < 1.29 is 8.42 Å². The van der Waals surface area contributed by atoms with Gasteiger partial charge in [-0.25, -0.2) is 8.42 Å². The molecular formula is C11H15BrClNO2S. The van der Waals surface area contributed by atoms with Crippen molar-refractivity contribution in [3.8, 4) is 0 Å². The van der Waals surface area contributed by atoms with E-state index >= 15 is 0 Å². The van der Waals surface area contributed by atoms with Crippen LogP contribution in [0.5, 0.6) is 0 Å². The molecule has 0 aliphatic heterocycles. The second-order valence-electron chi connectivity index (χ2n) is 3.87. The largest absolute Gasteiger partial charge is 0.380 e. The molecule has 1 aromatic carbocycles. The third kappa shape index (κ3) is 4.85. The summed E-state index contributed by atoms with van der Waals surface area (Å²) in [6, 6.07) is 5.28. The van der Waals surface area contributed by atoms with E-state index in [9.17, 15) is 8.42 Å². The van der Waals surface area contributed by atoms with Gasteiger partial charge in [0.2, 0.25) is 0 Å². The fraction of sp³-hybridized carbons (Fsp3) is 0.455. The lowest BCUT2D eigenvalue weighted by Gasteiger charge is -2.16. The fourth-order valence-corrected chi connectivity index (χ4v) is 3.22. The molecule has 0 aliphatic carbocycles. The Morgan fingerprint density at radius 1 is 1.47 bits per heavy atom. The quantitative estimate of drug-likeness (QED) is 0.894. The molecule has 1 rings (SSSR count). The molecule has 0 bridgehead atoms. The van der Waals surface area contributed by atoms with Crippen LogP contribution in [-0.4, -0.2) is 26.0 Å². The molecule has 6 heteroatoms. The van der Waals surface area contributed by atoms with Gasteiger partial charge in [0.05, 0.1) is 16.5 Å². The van der Waals surface area contributed by atoms with Crippen molar-refractivity contribution in [3.63, 3.8) is 0 Å². The van der Waals surface area contributed by atoms with E-state index in [-0.39, 0.29) is 17.5 Å². The Balaban J connectivity index is 2.72. The summed E-state index contributed by atoms with van der Waals surface area (Å²) in [5, 5.41) is 3.67. The molecule has 1 atom stereocenters. The molecule has 0 saturated carbocycles. The zero-order valence-electron chi connectivity index (χ0n) is 9.70. The highest BCUT2D eigenvalue weighted by molar-refractivity contribution is 9.10. The van der Waals surface area contributed by atoms with E-state index in [1.165, 1.54) is 0 Å². The average Bonchev–Trinajstić information content (AvgIpc) is 2.21. The first-order valence-electron chi connectivity index (χ1n) is 5.26. The normalized spacial score (nSPS) is 13.4. The van der Waals surface area contributed by atoms with Crippen LogP contribution in [0.15, 0.2) is 22.7 Å². The topological polar surface area (TPSA) is 46.2 Å². The Morgan fingerprint density at radius 3 is 2.65 bits per heavy atom. The first-order valence-corrected chi connectivity index (χ1v) is 8.25. The molecule has 0 aliphatic rings. The van der Waals surface area contributed by atoms with Crippen molar-refractivity contribution >= 4 is 43.1 Å². The lowest BCUT2D eigenvalue weighted by molar-refractivity contribution is 0.593. The molecule has 0 heterocycles. The third-order valence-corrected chi connectivity index (χ3v) is 4.97. The van der Waals surface area contributed by atoms with E-state index in [2.05, 4.69) is 21.2 Å². The van der Waals surface area contributed by atoms with Gasteiger partial charge in [0, 0.05) is 16.3 Å². The summed E-state index contributed by atoms with van der Waals surface area (Å²) in [7, 11) is -2.97. The minimum atomic E-state index is -2.97. The number of benzene rings is 1. The predicted molar refractivity (Wildman–Crippen MR) is 76.6 cm³/mol. The highest BCUT2D eigenvalue weighted by atomic mass is 79.9. The van der Waals surface area contributed by atoms with Crippen LogP contribution >= 0.6 is 27.5 Å². The minimum absolute atomic E-state index is 0.107. The maximum Gasteiger partial charge on any atom is 0.152 e. The first kappa shape index (κ1) is 14.8. The molecule has 1 aromatic rings. The Bertz CT molecular complexity index is 490. The zero-order chi connectivity index (χ0) is 13.1. The maximum absolute atomic E-state index is 11.5. The second kappa shape index (κ2) is 6.07. The molecule has 1 N–H and O–H groups in total. The van der Waals surface area contributed by atoms with E-state index in [1.54, 1.807) is 13.0 Å². The van der Waals surface area contributed by atoms with Crippen LogP contribution in [0.4, 0.5) is 5.69 Å². The van der Waals surface area contributed by atoms with Gasteiger partial charge in [-0.1, -0.05) is 34.5 Å². The second-order valence-corrected chi connectivity index (χ2v) is 7.59. The van der Waals surface area contributed by atoms with Gasteiger partial charge in [0.15, 0.2) is 9.84 Å². The number of sulfone groups is 1. The number of halogens is 2. The number of hydrogen-bond acceptors (Lipinski definition) is 3. The lowest BCUT2D eigenvalue weighted by Crippen LogP contribution is -2.26. The summed E-state index contributed by atoms with van der Waals surface area (Å²) < 4.78 is 23.8. The zero-order valence-corrected chi connectivity index (χ0v) is 12.9. The van der Waals surface area contributed by atoms with Crippen molar-refractivity contribution in [2.24, 2.45) is 0 Å². The van der Waals surface area contributed by atoms with Gasteiger partial charge in [-0.05, 0) is 25.1 Å². The smallest absolute Gasteiger partial charge is 0.152 e. The molecule has 0 amide bonds. The summed E-state index contributed by atoms with van der Waals surface area (Å²) in [6.07, 6.45) is 0. The van der Waals surface area contributed by atoms with Crippen LogP contribution in [0.3, 0.4) is 0 Å². The van der Waals surface area contributed by atoms with Crippen LogP contribution in [0.2, 0.25) is 5.02 Å². The van der Waals surface area contributed by atoms with Gasteiger partial charge in [0.1, 0.15) is 0 Å². The van der Waals surface area contributed by atoms with E-state index in [1.807, 2.05) is 19.1 Å². The lowest BCUT2D eigenvalue weighted by atomic mass is 10.3. The Hall–Kier alpha value is -0.260. The Morgan fingerprint density at radius 2 is 2.12 bits per heavy atom. The van der Waals surface area contributed by atoms with Gasteiger partial charge < -0.3 is 5.32 Å². The summed E-state index contributed by atoms with van der Waals surface area (Å²) in [6.45, 7) is 3.47. The molecule has 0 spiro atoms. The van der Waals surface area contributed by atoms with Crippen LogP contribution < -0.4 is 5.32 Å². The van der Waals surface area contributed by atoms with Crippen molar-refractivity contribution in [1.82, 2.24) is 0 Å². The molecule has 0 saturated heterocycles. The fourth-order valence-electron chi connectivity index (χ4n) is 1.41. The van der Waals surface area contributed by atoms with Gasteiger partial charge >= 0.3 is 0 Å². The Kier molecular flexibility index (Phi) is 5.28. The highest BCUT2D eigenvalue weighted by Crippen LogP contribution is 2.26. The molecule has 17 heavy (non-hydrogen) atoms. The van der Waals surface area contributed by atoms with Gasteiger partial charge in [0.25, 0.3) is 0 Å². The number of anilines is 1. The standard InChI is InChI=1S/C11H15BrClNO2S/c1-3-17(15,16)7-8(2)14-11-5-4-9(12)6-10(11)13/h4-6,8,14H,3,7H2,1-2H3. The SMILES string of the molecule is CCS(=O)(=O)CC(C)Nc1ccc(Br)cc1Cl. The molecule has 0 aromatic heterocycles. The van der Waals surface area contributed by atoms with Crippen molar-refractivity contribution in [1.29, 1.82) is 0 Å².